The molecule has 1 heterocycles. The Labute approximate surface area is 160 Å². The number of aromatic nitrogens is 1. The number of benzene rings is 2. The van der Waals surface area contributed by atoms with E-state index in [1.54, 1.807) is 4.57 Å². The molecule has 0 radical (unpaired) electrons. The van der Waals surface area contributed by atoms with Crippen LogP contribution in [-0.4, -0.2) is 10.1 Å². The minimum Gasteiger partial charge on any atom is -0.502 e. The first-order chi connectivity index (χ1) is 12.2. The second-order valence-corrected chi connectivity index (χ2v) is 6.54. The summed E-state index contributed by atoms with van der Waals surface area (Å²) in [6, 6.07) is 22.8. The van der Waals surface area contributed by atoms with Gasteiger partial charge in [-0.2, -0.15) is 4.57 Å². The van der Waals surface area contributed by atoms with Gasteiger partial charge >= 0.3 is 0 Å². The summed E-state index contributed by atoms with van der Waals surface area (Å²) in [4.78, 5) is 0.427. The van der Waals surface area contributed by atoms with Crippen molar-refractivity contribution >= 4 is 50.3 Å². The van der Waals surface area contributed by atoms with Crippen LogP contribution in [0.4, 0.5) is 5.69 Å². The molecule has 0 spiro atoms. The van der Waals surface area contributed by atoms with Gasteiger partial charge in [0.15, 0.2) is 23.1 Å². The molecule has 0 atom stereocenters. The predicted molar refractivity (Wildman–Crippen MR) is 109 cm³/mol. The van der Waals surface area contributed by atoms with Crippen LogP contribution in [0.2, 0.25) is 0 Å². The van der Waals surface area contributed by atoms with Gasteiger partial charge in [0.1, 0.15) is 0 Å². The van der Waals surface area contributed by atoms with Crippen molar-refractivity contribution in [3.8, 4) is 0 Å². The van der Waals surface area contributed by atoms with Gasteiger partial charge in [0.2, 0.25) is 0 Å². The molecule has 0 aliphatic rings. The molecule has 0 bridgehead atoms. The summed E-state index contributed by atoms with van der Waals surface area (Å²) in [5.41, 5.74) is 2.04. The fourth-order valence-corrected chi connectivity index (χ4v) is 3.18. The van der Waals surface area contributed by atoms with Crippen molar-refractivity contribution in [2.75, 3.05) is 5.32 Å². The molecule has 3 nitrogen and oxygen atoms in total. The van der Waals surface area contributed by atoms with E-state index in [2.05, 4.69) is 21.2 Å². The van der Waals surface area contributed by atoms with Crippen molar-refractivity contribution < 1.29 is 9.67 Å². The Hall–Kier alpha value is -2.50. The summed E-state index contributed by atoms with van der Waals surface area (Å²) in [6.45, 7) is 0. The van der Waals surface area contributed by atoms with Crippen LogP contribution in [-0.2, 0) is 0 Å². The lowest BCUT2D eigenvalue weighted by Gasteiger charge is -2.10. The lowest BCUT2D eigenvalue weighted by molar-refractivity contribution is -0.575. The van der Waals surface area contributed by atoms with Crippen molar-refractivity contribution in [2.24, 2.45) is 0 Å². The molecular weight excluding hydrogens is 396 g/mol. The Balaban J connectivity index is 2.09. The van der Waals surface area contributed by atoms with Crippen molar-refractivity contribution in [2.45, 2.75) is 0 Å². The van der Waals surface area contributed by atoms with Gasteiger partial charge in [-0.3, -0.25) is 0 Å². The standard InChI is InChI=1S/C20H15BrN2OS/c21-17-12-6-5-11-16(17)19(24)18(23-13-7-2-8-14-23)20(25)22-15-9-3-1-4-10-15/h1-14H,(H-,22,24,25)/p+1. The van der Waals surface area contributed by atoms with Gasteiger partial charge in [-0.1, -0.05) is 64.5 Å². The summed E-state index contributed by atoms with van der Waals surface area (Å²) in [5.74, 6) is 0.0945. The topological polar surface area (TPSA) is 36.1 Å². The SMILES string of the molecule is OC(=C(C(=S)Nc1ccccc1)[n+]1ccccc1)c1ccccc1Br. The van der Waals surface area contributed by atoms with Gasteiger partial charge in [-0.15, -0.1) is 0 Å². The Bertz CT molecular complexity index is 911. The number of hydrogen-bond donors (Lipinski definition) is 2. The number of hydrogen-bond acceptors (Lipinski definition) is 2. The molecular formula is C20H16BrN2OS+. The number of aliphatic hydroxyl groups excluding tert-OH is 1. The summed E-state index contributed by atoms with van der Waals surface area (Å²) in [6.07, 6.45) is 3.70. The number of halogens is 1. The molecule has 3 rings (SSSR count). The Kier molecular flexibility index (Phi) is 5.58. The molecule has 0 aliphatic carbocycles. The third kappa shape index (κ3) is 4.13. The third-order valence-corrected chi connectivity index (χ3v) is 4.56. The molecule has 0 fully saturated rings. The molecule has 2 aromatic carbocycles. The Morgan fingerprint density at radius 3 is 2.16 bits per heavy atom. The highest BCUT2D eigenvalue weighted by molar-refractivity contribution is 9.10. The average molecular weight is 412 g/mol. The number of pyridine rings is 1. The molecule has 2 N–H and O–H groups in total. The first-order valence-electron chi connectivity index (χ1n) is 7.68. The van der Waals surface area contributed by atoms with Gasteiger partial charge < -0.3 is 10.4 Å². The Morgan fingerprint density at radius 1 is 0.880 bits per heavy atom. The summed E-state index contributed by atoms with van der Waals surface area (Å²) in [7, 11) is 0. The van der Waals surface area contributed by atoms with Crippen LogP contribution in [0, 0.1) is 0 Å². The van der Waals surface area contributed by atoms with Crippen LogP contribution in [0.1, 0.15) is 5.56 Å². The van der Waals surface area contributed by atoms with E-state index < -0.39 is 0 Å². The van der Waals surface area contributed by atoms with Crippen molar-refractivity contribution in [1.29, 1.82) is 0 Å². The maximum Gasteiger partial charge on any atom is 0.288 e. The van der Waals surface area contributed by atoms with Gasteiger partial charge in [-0.25, -0.2) is 0 Å². The van der Waals surface area contributed by atoms with Gasteiger partial charge in [0.05, 0.1) is 0 Å². The van der Waals surface area contributed by atoms with Crippen LogP contribution in [0.25, 0.3) is 11.5 Å². The van der Waals surface area contributed by atoms with E-state index in [9.17, 15) is 5.11 Å². The van der Waals surface area contributed by atoms with E-state index in [0.29, 0.717) is 16.2 Å². The number of nitrogens with zero attached hydrogens (tertiary/aromatic N) is 1. The molecule has 0 aliphatic heterocycles. The number of nitrogens with one attached hydrogen (secondary N) is 1. The molecule has 25 heavy (non-hydrogen) atoms. The van der Waals surface area contributed by atoms with E-state index in [1.807, 2.05) is 85.2 Å². The normalized spacial score (nSPS) is 11.6. The molecule has 124 valence electrons. The maximum atomic E-state index is 11.0. The largest absolute Gasteiger partial charge is 0.502 e. The lowest BCUT2D eigenvalue weighted by Crippen LogP contribution is -2.38. The Morgan fingerprint density at radius 2 is 1.48 bits per heavy atom. The zero-order chi connectivity index (χ0) is 17.6. The average Bonchev–Trinajstić information content (AvgIpc) is 2.64. The number of thiocarbonyl (C=S) groups is 1. The van der Waals surface area contributed by atoms with Crippen LogP contribution in [0.3, 0.4) is 0 Å². The number of aliphatic hydroxyl groups is 1. The second kappa shape index (κ2) is 8.05. The molecule has 5 heteroatoms. The van der Waals surface area contributed by atoms with E-state index in [0.717, 1.165) is 10.2 Å². The summed E-state index contributed by atoms with van der Waals surface area (Å²) >= 11 is 9.08. The minimum absolute atomic E-state index is 0.0945. The highest BCUT2D eigenvalue weighted by atomic mass is 79.9. The van der Waals surface area contributed by atoms with Crippen molar-refractivity contribution in [3.63, 3.8) is 0 Å². The van der Waals surface area contributed by atoms with Crippen molar-refractivity contribution in [3.05, 3.63) is 95.2 Å². The zero-order valence-electron chi connectivity index (χ0n) is 13.3. The van der Waals surface area contributed by atoms with Crippen molar-refractivity contribution in [1.82, 2.24) is 0 Å². The highest BCUT2D eigenvalue weighted by Gasteiger charge is 2.24. The fourth-order valence-electron chi connectivity index (χ4n) is 2.39. The van der Waals surface area contributed by atoms with E-state index in [-0.39, 0.29) is 5.76 Å². The predicted octanol–water partition coefficient (Wildman–Crippen LogP) is 5.06. The monoisotopic (exact) mass is 411 g/mol. The molecule has 0 unspecified atom stereocenters. The maximum absolute atomic E-state index is 11.0. The first-order valence-corrected chi connectivity index (χ1v) is 8.88. The lowest BCUT2D eigenvalue weighted by atomic mass is 10.1. The summed E-state index contributed by atoms with van der Waals surface area (Å²) < 4.78 is 2.59. The van der Waals surface area contributed by atoms with Crippen LogP contribution >= 0.6 is 28.1 Å². The van der Waals surface area contributed by atoms with Crippen LogP contribution in [0.15, 0.2) is 89.7 Å². The van der Waals surface area contributed by atoms with Gasteiger partial charge in [-0.05, 0) is 24.3 Å². The van der Waals surface area contributed by atoms with Crippen LogP contribution < -0.4 is 9.88 Å². The number of anilines is 1. The molecule has 0 amide bonds. The smallest absolute Gasteiger partial charge is 0.288 e. The summed E-state index contributed by atoms with van der Waals surface area (Å²) in [5, 5.41) is 14.2. The van der Waals surface area contributed by atoms with E-state index in [1.165, 1.54) is 0 Å². The molecule has 0 saturated carbocycles. The number of rotatable bonds is 4. The quantitative estimate of drug-likeness (QED) is 0.272. The van der Waals surface area contributed by atoms with E-state index in [4.69, 9.17) is 12.2 Å². The van der Waals surface area contributed by atoms with Gasteiger partial charge in [0.25, 0.3) is 5.70 Å². The third-order valence-electron chi connectivity index (χ3n) is 3.57. The highest BCUT2D eigenvalue weighted by Crippen LogP contribution is 2.25. The number of para-hydroxylation sites is 1. The molecule has 0 saturated heterocycles. The molecule has 3 aromatic rings. The van der Waals surface area contributed by atoms with Gasteiger partial charge in [0, 0.05) is 27.9 Å². The van der Waals surface area contributed by atoms with E-state index >= 15 is 0 Å². The fraction of sp³-hybridized carbons (Fsp3) is 0. The minimum atomic E-state index is 0.0945. The zero-order valence-corrected chi connectivity index (χ0v) is 15.7. The first kappa shape index (κ1) is 17.3. The second-order valence-electron chi connectivity index (χ2n) is 5.28. The van der Waals surface area contributed by atoms with Crippen LogP contribution in [0.5, 0.6) is 0 Å². The molecule has 1 aromatic heterocycles.